The highest BCUT2D eigenvalue weighted by molar-refractivity contribution is 6.29. The zero-order valence-electron chi connectivity index (χ0n) is 7.24. The fraction of sp³-hybridized carbons (Fsp3) is 0.444. The number of nitrogens with zero attached hydrogens (tertiary/aromatic N) is 1. The summed E-state index contributed by atoms with van der Waals surface area (Å²) in [7, 11) is 0. The van der Waals surface area contributed by atoms with Crippen LogP contribution in [0.1, 0.15) is 12.8 Å². The minimum Gasteiger partial charge on any atom is -0.478 e. The fourth-order valence-corrected chi connectivity index (χ4v) is 1.02. The van der Waals surface area contributed by atoms with Crippen molar-refractivity contribution in [2.45, 2.75) is 12.8 Å². The lowest BCUT2D eigenvalue weighted by Gasteiger charge is -2.03. The van der Waals surface area contributed by atoms with Gasteiger partial charge in [-0.05, 0) is 18.9 Å². The molecule has 0 spiro atoms. The summed E-state index contributed by atoms with van der Waals surface area (Å²) in [6.45, 7) is 0.764. The van der Waals surface area contributed by atoms with Gasteiger partial charge in [0, 0.05) is 12.7 Å². The maximum Gasteiger partial charge on any atom is 0.214 e. The first-order valence-electron chi connectivity index (χ1n) is 4.19. The lowest BCUT2D eigenvalue weighted by atomic mass is 10.3. The highest BCUT2D eigenvalue weighted by Gasteiger charge is 1.95. The minimum absolute atomic E-state index is 0.201. The molecule has 0 fully saturated rings. The second kappa shape index (κ2) is 5.78. The third-order valence-corrected chi connectivity index (χ3v) is 1.70. The standard InChI is InChI=1S/C9H12ClNO2/c10-8-4-3-5-9(11-8)13-7-2-1-6-12/h3-5,12H,1-2,6-7H2. The molecular weight excluding hydrogens is 190 g/mol. The van der Waals surface area contributed by atoms with Crippen molar-refractivity contribution in [3.63, 3.8) is 0 Å². The van der Waals surface area contributed by atoms with Crippen molar-refractivity contribution in [3.8, 4) is 5.88 Å². The molecule has 0 amide bonds. The zero-order valence-corrected chi connectivity index (χ0v) is 8.00. The molecule has 0 radical (unpaired) electrons. The third-order valence-electron chi connectivity index (χ3n) is 1.49. The highest BCUT2D eigenvalue weighted by atomic mass is 35.5. The summed E-state index contributed by atoms with van der Waals surface area (Å²) >= 11 is 5.65. The minimum atomic E-state index is 0.201. The number of aromatic nitrogens is 1. The number of rotatable bonds is 5. The molecule has 0 saturated carbocycles. The second-order valence-corrected chi connectivity index (χ2v) is 2.96. The normalized spacial score (nSPS) is 10.0. The summed E-state index contributed by atoms with van der Waals surface area (Å²) < 4.78 is 5.28. The van der Waals surface area contributed by atoms with Crippen molar-refractivity contribution in [2.75, 3.05) is 13.2 Å². The van der Waals surface area contributed by atoms with E-state index in [0.29, 0.717) is 17.6 Å². The SMILES string of the molecule is OCCCCOc1cccc(Cl)n1. The molecule has 1 heterocycles. The fourth-order valence-electron chi connectivity index (χ4n) is 0.861. The van der Waals surface area contributed by atoms with E-state index in [1.807, 2.05) is 0 Å². The maximum atomic E-state index is 8.52. The van der Waals surface area contributed by atoms with Crippen LogP contribution in [-0.4, -0.2) is 23.3 Å². The molecule has 13 heavy (non-hydrogen) atoms. The van der Waals surface area contributed by atoms with Gasteiger partial charge in [0.15, 0.2) is 0 Å². The van der Waals surface area contributed by atoms with E-state index in [9.17, 15) is 0 Å². The summed E-state index contributed by atoms with van der Waals surface area (Å²) in [6.07, 6.45) is 1.57. The van der Waals surface area contributed by atoms with Gasteiger partial charge in [-0.25, -0.2) is 4.98 Å². The monoisotopic (exact) mass is 201 g/mol. The quantitative estimate of drug-likeness (QED) is 0.585. The first-order valence-corrected chi connectivity index (χ1v) is 4.57. The summed E-state index contributed by atoms with van der Waals surface area (Å²) in [5.74, 6) is 0.533. The average Bonchev–Trinajstić information content (AvgIpc) is 2.13. The topological polar surface area (TPSA) is 42.4 Å². The molecule has 4 heteroatoms. The Morgan fingerprint density at radius 2 is 2.23 bits per heavy atom. The van der Waals surface area contributed by atoms with Crippen molar-refractivity contribution in [2.24, 2.45) is 0 Å². The number of hydrogen-bond donors (Lipinski definition) is 1. The van der Waals surface area contributed by atoms with Gasteiger partial charge in [0.1, 0.15) is 5.15 Å². The molecule has 0 aliphatic heterocycles. The maximum absolute atomic E-state index is 8.52. The van der Waals surface area contributed by atoms with E-state index in [4.69, 9.17) is 21.4 Å². The van der Waals surface area contributed by atoms with Gasteiger partial charge in [0.05, 0.1) is 6.61 Å². The molecule has 1 rings (SSSR count). The van der Waals surface area contributed by atoms with Crippen LogP contribution < -0.4 is 4.74 Å². The zero-order chi connectivity index (χ0) is 9.52. The Morgan fingerprint density at radius 3 is 2.92 bits per heavy atom. The van der Waals surface area contributed by atoms with E-state index in [-0.39, 0.29) is 6.61 Å². The number of halogens is 1. The van der Waals surface area contributed by atoms with Gasteiger partial charge in [0.2, 0.25) is 5.88 Å². The predicted molar refractivity (Wildman–Crippen MR) is 51.1 cm³/mol. The number of pyridine rings is 1. The molecular formula is C9H12ClNO2. The molecule has 72 valence electrons. The Morgan fingerprint density at radius 1 is 1.38 bits per heavy atom. The van der Waals surface area contributed by atoms with Crippen molar-refractivity contribution in [3.05, 3.63) is 23.4 Å². The van der Waals surface area contributed by atoms with Crippen molar-refractivity contribution >= 4 is 11.6 Å². The van der Waals surface area contributed by atoms with Gasteiger partial charge >= 0.3 is 0 Å². The van der Waals surface area contributed by atoms with E-state index in [2.05, 4.69) is 4.98 Å². The van der Waals surface area contributed by atoms with E-state index >= 15 is 0 Å². The molecule has 1 aromatic rings. The van der Waals surface area contributed by atoms with Gasteiger partial charge < -0.3 is 9.84 Å². The van der Waals surface area contributed by atoms with Crippen LogP contribution >= 0.6 is 11.6 Å². The number of unbranched alkanes of at least 4 members (excludes halogenated alkanes) is 1. The smallest absolute Gasteiger partial charge is 0.214 e. The molecule has 0 aliphatic rings. The van der Waals surface area contributed by atoms with Crippen LogP contribution in [-0.2, 0) is 0 Å². The first-order chi connectivity index (χ1) is 6.33. The van der Waals surface area contributed by atoms with Crippen LogP contribution in [0.25, 0.3) is 0 Å². The molecule has 3 nitrogen and oxygen atoms in total. The Balaban J connectivity index is 2.28. The molecule has 0 unspecified atom stereocenters. The van der Waals surface area contributed by atoms with Crippen molar-refractivity contribution in [1.29, 1.82) is 0 Å². The molecule has 1 N–H and O–H groups in total. The van der Waals surface area contributed by atoms with Crippen LogP contribution in [0, 0.1) is 0 Å². The number of aliphatic hydroxyl groups excluding tert-OH is 1. The summed E-state index contributed by atoms with van der Waals surface area (Å²) in [5.41, 5.74) is 0. The second-order valence-electron chi connectivity index (χ2n) is 2.58. The molecule has 0 atom stereocenters. The average molecular weight is 202 g/mol. The van der Waals surface area contributed by atoms with E-state index < -0.39 is 0 Å². The van der Waals surface area contributed by atoms with Crippen LogP contribution in [0.15, 0.2) is 18.2 Å². The van der Waals surface area contributed by atoms with Crippen molar-refractivity contribution in [1.82, 2.24) is 4.98 Å². The van der Waals surface area contributed by atoms with Gasteiger partial charge in [-0.1, -0.05) is 17.7 Å². The van der Waals surface area contributed by atoms with Gasteiger partial charge in [0.25, 0.3) is 0 Å². The highest BCUT2D eigenvalue weighted by Crippen LogP contribution is 2.11. The van der Waals surface area contributed by atoms with Crippen LogP contribution in [0.3, 0.4) is 0 Å². The molecule has 0 aliphatic carbocycles. The van der Waals surface area contributed by atoms with Gasteiger partial charge in [-0.2, -0.15) is 0 Å². The summed E-state index contributed by atoms with van der Waals surface area (Å²) in [6, 6.07) is 5.24. The van der Waals surface area contributed by atoms with Crippen LogP contribution in [0.4, 0.5) is 0 Å². The predicted octanol–water partition coefficient (Wildman–Crippen LogP) is 1.89. The molecule has 0 aromatic carbocycles. The lowest BCUT2D eigenvalue weighted by Crippen LogP contribution is -1.99. The molecule has 0 bridgehead atoms. The van der Waals surface area contributed by atoms with Gasteiger partial charge in [-0.15, -0.1) is 0 Å². The van der Waals surface area contributed by atoms with E-state index in [0.717, 1.165) is 12.8 Å². The Labute approximate surface area is 82.3 Å². The summed E-state index contributed by atoms with van der Waals surface area (Å²) in [5, 5.41) is 8.95. The van der Waals surface area contributed by atoms with Crippen LogP contribution in [0.2, 0.25) is 5.15 Å². The van der Waals surface area contributed by atoms with Crippen molar-refractivity contribution < 1.29 is 9.84 Å². The Bertz CT molecular complexity index is 255. The van der Waals surface area contributed by atoms with Crippen LogP contribution in [0.5, 0.6) is 5.88 Å². The third kappa shape index (κ3) is 4.10. The Kier molecular flexibility index (Phi) is 4.57. The number of ether oxygens (including phenoxy) is 1. The molecule has 0 saturated heterocycles. The van der Waals surface area contributed by atoms with Gasteiger partial charge in [-0.3, -0.25) is 0 Å². The summed E-state index contributed by atoms with van der Waals surface area (Å²) in [4.78, 5) is 3.95. The lowest BCUT2D eigenvalue weighted by molar-refractivity contribution is 0.249. The van der Waals surface area contributed by atoms with E-state index in [1.54, 1.807) is 18.2 Å². The molecule has 1 aromatic heterocycles. The largest absolute Gasteiger partial charge is 0.478 e. The Hall–Kier alpha value is -0.800. The number of aliphatic hydroxyl groups is 1. The number of hydrogen-bond acceptors (Lipinski definition) is 3. The first kappa shape index (κ1) is 10.3. The van der Waals surface area contributed by atoms with E-state index in [1.165, 1.54) is 0 Å².